The Morgan fingerprint density at radius 1 is 1.00 bits per heavy atom. The highest BCUT2D eigenvalue weighted by atomic mass is 16.5. The van der Waals surface area contributed by atoms with Crippen LogP contribution in [-0.4, -0.2) is 32.2 Å². The van der Waals surface area contributed by atoms with Gasteiger partial charge in [0.05, 0.1) is 12.5 Å². The smallest absolute Gasteiger partial charge is 0.309 e. The van der Waals surface area contributed by atoms with Crippen LogP contribution in [0.2, 0.25) is 0 Å². The zero-order valence-corrected chi connectivity index (χ0v) is 14.9. The van der Waals surface area contributed by atoms with Crippen molar-refractivity contribution in [3.63, 3.8) is 0 Å². The lowest BCUT2D eigenvalue weighted by molar-refractivity contribution is -0.147. The Kier molecular flexibility index (Phi) is 16.3. The van der Waals surface area contributed by atoms with E-state index in [9.17, 15) is 4.79 Å². The fourth-order valence-corrected chi connectivity index (χ4v) is 2.41. The van der Waals surface area contributed by atoms with Crippen molar-refractivity contribution in [3.8, 4) is 0 Å². The van der Waals surface area contributed by atoms with Crippen LogP contribution in [0.4, 0.5) is 0 Å². The minimum absolute atomic E-state index is 0.0883. The zero-order chi connectivity index (χ0) is 16.5. The van der Waals surface area contributed by atoms with E-state index in [1.165, 1.54) is 57.8 Å². The van der Waals surface area contributed by atoms with Gasteiger partial charge in [-0.25, -0.2) is 0 Å². The molecule has 0 aromatic heterocycles. The highest BCUT2D eigenvalue weighted by Crippen LogP contribution is 2.10. The predicted octanol–water partition coefficient (Wildman–Crippen LogP) is 3.63. The van der Waals surface area contributed by atoms with E-state index < -0.39 is 0 Å². The third-order valence-corrected chi connectivity index (χ3v) is 3.92. The molecule has 4 nitrogen and oxygen atoms in total. The molecule has 4 heteroatoms. The number of unbranched alkanes of at least 4 members (excludes halogenated alkanes) is 9. The molecular formula is C18H38N2O2. The molecule has 0 aromatic rings. The Hall–Kier alpha value is -0.610. The normalized spacial score (nSPS) is 12.3. The predicted molar refractivity (Wildman–Crippen MR) is 93.9 cm³/mol. The van der Waals surface area contributed by atoms with Crippen LogP contribution < -0.4 is 11.1 Å². The molecule has 0 aliphatic heterocycles. The number of rotatable bonds is 16. The maximum absolute atomic E-state index is 11.7. The van der Waals surface area contributed by atoms with Crippen molar-refractivity contribution in [2.45, 2.75) is 78.1 Å². The zero-order valence-electron chi connectivity index (χ0n) is 14.9. The monoisotopic (exact) mass is 314 g/mol. The van der Waals surface area contributed by atoms with Gasteiger partial charge in [0.15, 0.2) is 0 Å². The van der Waals surface area contributed by atoms with E-state index in [4.69, 9.17) is 10.5 Å². The lowest BCUT2D eigenvalue weighted by atomic mass is 10.1. The Bertz CT molecular complexity index is 247. The quantitative estimate of drug-likeness (QED) is 0.337. The van der Waals surface area contributed by atoms with E-state index in [1.54, 1.807) is 0 Å². The van der Waals surface area contributed by atoms with Gasteiger partial charge in [-0.05, 0) is 6.42 Å². The van der Waals surface area contributed by atoms with Crippen LogP contribution in [0.3, 0.4) is 0 Å². The van der Waals surface area contributed by atoms with Crippen LogP contribution in [0, 0.1) is 5.92 Å². The number of esters is 1. The van der Waals surface area contributed by atoms with Crippen LogP contribution in [0.25, 0.3) is 0 Å². The molecule has 0 fully saturated rings. The summed E-state index contributed by atoms with van der Waals surface area (Å²) in [6, 6.07) is 0. The van der Waals surface area contributed by atoms with Gasteiger partial charge in [0.2, 0.25) is 0 Å². The van der Waals surface area contributed by atoms with Crippen molar-refractivity contribution in [3.05, 3.63) is 0 Å². The molecule has 0 saturated heterocycles. The second kappa shape index (κ2) is 16.8. The SMILES string of the molecule is CCCCCCCCCCCCOC(=O)C(C)CNCCN. The Morgan fingerprint density at radius 3 is 2.09 bits per heavy atom. The Labute approximate surface area is 137 Å². The number of carbonyl (C=O) groups is 1. The van der Waals surface area contributed by atoms with Crippen molar-refractivity contribution < 1.29 is 9.53 Å². The van der Waals surface area contributed by atoms with E-state index in [1.807, 2.05) is 6.92 Å². The molecule has 1 atom stereocenters. The van der Waals surface area contributed by atoms with Gasteiger partial charge in [-0.1, -0.05) is 71.6 Å². The van der Waals surface area contributed by atoms with Gasteiger partial charge in [0.25, 0.3) is 0 Å². The van der Waals surface area contributed by atoms with Gasteiger partial charge in [0, 0.05) is 19.6 Å². The summed E-state index contributed by atoms with van der Waals surface area (Å²) in [6.45, 7) is 6.70. The Balaban J connectivity index is 3.26. The molecule has 0 saturated carbocycles. The second-order valence-corrected chi connectivity index (χ2v) is 6.24. The first-order valence-corrected chi connectivity index (χ1v) is 9.29. The van der Waals surface area contributed by atoms with Crippen molar-refractivity contribution >= 4 is 5.97 Å². The van der Waals surface area contributed by atoms with Gasteiger partial charge in [-0.15, -0.1) is 0 Å². The first kappa shape index (κ1) is 21.4. The molecule has 0 heterocycles. The summed E-state index contributed by atoms with van der Waals surface area (Å²) < 4.78 is 5.30. The summed E-state index contributed by atoms with van der Waals surface area (Å²) in [4.78, 5) is 11.7. The van der Waals surface area contributed by atoms with Gasteiger partial charge in [-0.2, -0.15) is 0 Å². The largest absolute Gasteiger partial charge is 0.465 e. The lowest BCUT2D eigenvalue weighted by Gasteiger charge is -2.12. The van der Waals surface area contributed by atoms with E-state index in [0.29, 0.717) is 19.7 Å². The summed E-state index contributed by atoms with van der Waals surface area (Å²) in [5.41, 5.74) is 5.39. The molecule has 22 heavy (non-hydrogen) atoms. The van der Waals surface area contributed by atoms with Gasteiger partial charge in [-0.3, -0.25) is 4.79 Å². The van der Waals surface area contributed by atoms with Gasteiger partial charge in [0.1, 0.15) is 0 Å². The molecule has 1 unspecified atom stereocenters. The van der Waals surface area contributed by atoms with E-state index >= 15 is 0 Å². The number of ether oxygens (including phenoxy) is 1. The fourth-order valence-electron chi connectivity index (χ4n) is 2.41. The highest BCUT2D eigenvalue weighted by Gasteiger charge is 2.13. The third kappa shape index (κ3) is 14.3. The molecule has 3 N–H and O–H groups in total. The fraction of sp³-hybridized carbons (Fsp3) is 0.944. The maximum Gasteiger partial charge on any atom is 0.309 e. The first-order chi connectivity index (χ1) is 10.7. The summed E-state index contributed by atoms with van der Waals surface area (Å²) in [5.74, 6) is -0.185. The second-order valence-electron chi connectivity index (χ2n) is 6.24. The van der Waals surface area contributed by atoms with E-state index in [0.717, 1.165) is 13.0 Å². The molecule has 132 valence electrons. The summed E-state index contributed by atoms with van der Waals surface area (Å²) >= 11 is 0. The van der Waals surface area contributed by atoms with Crippen molar-refractivity contribution in [1.29, 1.82) is 0 Å². The molecule has 0 aliphatic carbocycles. The van der Waals surface area contributed by atoms with Crippen molar-refractivity contribution in [2.75, 3.05) is 26.2 Å². The number of nitrogens with one attached hydrogen (secondary N) is 1. The van der Waals surface area contributed by atoms with Gasteiger partial charge >= 0.3 is 5.97 Å². The highest BCUT2D eigenvalue weighted by molar-refractivity contribution is 5.72. The molecule has 0 amide bonds. The van der Waals surface area contributed by atoms with Crippen LogP contribution in [0.1, 0.15) is 78.1 Å². The molecule has 0 bridgehead atoms. The van der Waals surface area contributed by atoms with Crippen LogP contribution in [0.15, 0.2) is 0 Å². The average Bonchev–Trinajstić information content (AvgIpc) is 2.52. The standard InChI is InChI=1S/C18H38N2O2/c1-3-4-5-6-7-8-9-10-11-12-15-22-18(21)17(2)16-20-14-13-19/h17,20H,3-16,19H2,1-2H3. The Morgan fingerprint density at radius 2 is 1.55 bits per heavy atom. The lowest BCUT2D eigenvalue weighted by Crippen LogP contribution is -2.31. The number of hydrogen-bond donors (Lipinski definition) is 2. The summed E-state index contributed by atoms with van der Waals surface area (Å²) in [6.07, 6.45) is 13.0. The minimum Gasteiger partial charge on any atom is -0.465 e. The third-order valence-electron chi connectivity index (χ3n) is 3.92. The van der Waals surface area contributed by atoms with Crippen molar-refractivity contribution in [2.24, 2.45) is 11.7 Å². The first-order valence-electron chi connectivity index (χ1n) is 9.29. The topological polar surface area (TPSA) is 64.3 Å². The minimum atomic E-state index is -0.0968. The molecule has 0 aromatic carbocycles. The molecule has 0 aliphatic rings. The average molecular weight is 315 g/mol. The van der Waals surface area contributed by atoms with Crippen LogP contribution in [-0.2, 0) is 9.53 Å². The van der Waals surface area contributed by atoms with Crippen molar-refractivity contribution in [1.82, 2.24) is 5.32 Å². The molecule has 0 rings (SSSR count). The number of nitrogens with two attached hydrogens (primary N) is 1. The number of hydrogen-bond acceptors (Lipinski definition) is 4. The maximum atomic E-state index is 11.7. The van der Waals surface area contributed by atoms with E-state index in [2.05, 4.69) is 12.2 Å². The van der Waals surface area contributed by atoms with E-state index in [-0.39, 0.29) is 11.9 Å². The summed E-state index contributed by atoms with van der Waals surface area (Å²) in [5, 5.41) is 3.13. The summed E-state index contributed by atoms with van der Waals surface area (Å²) in [7, 11) is 0. The molecular weight excluding hydrogens is 276 g/mol. The van der Waals surface area contributed by atoms with Gasteiger partial charge < -0.3 is 15.8 Å². The molecule has 0 radical (unpaired) electrons. The van der Waals surface area contributed by atoms with Crippen LogP contribution >= 0.6 is 0 Å². The molecule has 0 spiro atoms. The number of carbonyl (C=O) groups excluding carboxylic acids is 1. The van der Waals surface area contributed by atoms with Crippen LogP contribution in [0.5, 0.6) is 0 Å².